The highest BCUT2D eigenvalue weighted by Gasteiger charge is 2.51. The Hall–Kier alpha value is -2.21. The monoisotopic (exact) mass is 273 g/mol. The fourth-order valence-electron chi connectivity index (χ4n) is 2.59. The maximum absolute atomic E-state index is 12.5. The largest absolute Gasteiger partial charge is 0.398 e. The summed E-state index contributed by atoms with van der Waals surface area (Å²) < 4.78 is 0. The average Bonchev–Trinajstić information content (AvgIpc) is 3.19. The summed E-state index contributed by atoms with van der Waals surface area (Å²) in [6.45, 7) is 1.57. The lowest BCUT2D eigenvalue weighted by atomic mass is 9.95. The second-order valence-corrected chi connectivity index (χ2v) is 5.58. The van der Waals surface area contributed by atoms with Crippen LogP contribution in [-0.4, -0.2) is 28.2 Å². The Kier molecular flexibility index (Phi) is 2.49. The maximum Gasteiger partial charge on any atom is 0.270 e. The molecule has 0 bridgehead atoms. The van der Waals surface area contributed by atoms with E-state index in [1.54, 1.807) is 13.0 Å². The Labute approximate surface area is 115 Å². The van der Waals surface area contributed by atoms with Gasteiger partial charge in [0.25, 0.3) is 17.7 Å². The highest BCUT2D eigenvalue weighted by molar-refractivity contribution is 6.31. The van der Waals surface area contributed by atoms with E-state index < -0.39 is 23.3 Å². The van der Waals surface area contributed by atoms with E-state index >= 15 is 0 Å². The van der Waals surface area contributed by atoms with Crippen LogP contribution in [0, 0.1) is 5.92 Å². The van der Waals surface area contributed by atoms with Gasteiger partial charge in [-0.1, -0.05) is 6.07 Å². The van der Waals surface area contributed by atoms with Gasteiger partial charge >= 0.3 is 0 Å². The first-order chi connectivity index (χ1) is 9.35. The molecule has 0 radical (unpaired) electrons. The smallest absolute Gasteiger partial charge is 0.270 e. The fourth-order valence-corrected chi connectivity index (χ4v) is 2.59. The number of hydrogen-bond donors (Lipinski definition) is 2. The van der Waals surface area contributed by atoms with Crippen molar-refractivity contribution < 1.29 is 14.4 Å². The van der Waals surface area contributed by atoms with E-state index in [4.69, 9.17) is 11.5 Å². The first-order valence-corrected chi connectivity index (χ1v) is 6.46. The summed E-state index contributed by atoms with van der Waals surface area (Å²) in [5, 5.41) is 0. The number of benzene rings is 1. The molecule has 0 spiro atoms. The van der Waals surface area contributed by atoms with Crippen LogP contribution in [0.1, 0.15) is 40.5 Å². The molecule has 1 fully saturated rings. The van der Waals surface area contributed by atoms with E-state index in [9.17, 15) is 14.4 Å². The molecule has 1 aromatic rings. The van der Waals surface area contributed by atoms with Crippen molar-refractivity contribution in [2.45, 2.75) is 25.3 Å². The molecule has 0 aromatic heterocycles. The van der Waals surface area contributed by atoms with E-state index in [1.807, 2.05) is 0 Å². The third kappa shape index (κ3) is 1.58. The summed E-state index contributed by atoms with van der Waals surface area (Å²) >= 11 is 0. The predicted molar refractivity (Wildman–Crippen MR) is 71.7 cm³/mol. The molecule has 20 heavy (non-hydrogen) atoms. The van der Waals surface area contributed by atoms with Crippen LogP contribution < -0.4 is 11.5 Å². The summed E-state index contributed by atoms with van der Waals surface area (Å²) in [4.78, 5) is 37.7. The van der Waals surface area contributed by atoms with Crippen molar-refractivity contribution in [3.63, 3.8) is 0 Å². The van der Waals surface area contributed by atoms with Crippen LogP contribution in [-0.2, 0) is 4.79 Å². The van der Waals surface area contributed by atoms with Crippen LogP contribution in [0.5, 0.6) is 0 Å². The molecule has 1 aliphatic heterocycles. The van der Waals surface area contributed by atoms with Crippen molar-refractivity contribution >= 4 is 23.4 Å². The van der Waals surface area contributed by atoms with Gasteiger partial charge in [0.15, 0.2) is 0 Å². The van der Waals surface area contributed by atoms with E-state index in [1.165, 1.54) is 12.1 Å². The van der Waals surface area contributed by atoms with Gasteiger partial charge < -0.3 is 11.5 Å². The topological polar surface area (TPSA) is 106 Å². The molecule has 3 amide bonds. The van der Waals surface area contributed by atoms with Crippen LogP contribution in [0.3, 0.4) is 0 Å². The Morgan fingerprint density at radius 1 is 1.30 bits per heavy atom. The van der Waals surface area contributed by atoms with Gasteiger partial charge in [-0.05, 0) is 37.8 Å². The third-order valence-electron chi connectivity index (χ3n) is 4.04. The SMILES string of the molecule is CC(N)(C(=O)N1C(=O)c2cccc(N)c2C1=O)C1CC1. The number of amides is 3. The highest BCUT2D eigenvalue weighted by Crippen LogP contribution is 2.40. The van der Waals surface area contributed by atoms with Crippen molar-refractivity contribution in [2.75, 3.05) is 5.73 Å². The molecule has 1 aliphatic carbocycles. The van der Waals surface area contributed by atoms with Crippen LogP contribution in [0.25, 0.3) is 0 Å². The molecule has 104 valence electrons. The number of nitrogens with two attached hydrogens (primary N) is 2. The number of carbonyl (C=O) groups excluding carboxylic acids is 3. The van der Waals surface area contributed by atoms with E-state index in [-0.39, 0.29) is 22.7 Å². The van der Waals surface area contributed by atoms with Gasteiger partial charge in [-0.15, -0.1) is 0 Å². The Morgan fingerprint density at radius 3 is 2.50 bits per heavy atom. The van der Waals surface area contributed by atoms with E-state index in [0.717, 1.165) is 12.8 Å². The zero-order valence-corrected chi connectivity index (χ0v) is 11.1. The normalized spacial score (nSPS) is 20.8. The molecule has 6 nitrogen and oxygen atoms in total. The van der Waals surface area contributed by atoms with Gasteiger partial charge in [-0.2, -0.15) is 0 Å². The molecule has 6 heteroatoms. The first-order valence-electron chi connectivity index (χ1n) is 6.46. The van der Waals surface area contributed by atoms with Gasteiger partial charge in [0.05, 0.1) is 16.7 Å². The maximum atomic E-state index is 12.5. The summed E-state index contributed by atoms with van der Waals surface area (Å²) in [6, 6.07) is 4.60. The number of fused-ring (bicyclic) bond motifs is 1. The molecule has 2 aliphatic rings. The van der Waals surface area contributed by atoms with Gasteiger partial charge in [0.1, 0.15) is 0 Å². The van der Waals surface area contributed by atoms with Crippen molar-refractivity contribution in [1.29, 1.82) is 0 Å². The summed E-state index contributed by atoms with van der Waals surface area (Å²) in [5.74, 6) is -1.94. The van der Waals surface area contributed by atoms with Crippen LogP contribution in [0.4, 0.5) is 5.69 Å². The second-order valence-electron chi connectivity index (χ2n) is 5.58. The van der Waals surface area contributed by atoms with Gasteiger partial charge in [0.2, 0.25) is 0 Å². The lowest BCUT2D eigenvalue weighted by Gasteiger charge is -2.26. The third-order valence-corrected chi connectivity index (χ3v) is 4.04. The lowest BCUT2D eigenvalue weighted by molar-refractivity contribution is -0.132. The highest BCUT2D eigenvalue weighted by atomic mass is 16.2. The predicted octanol–water partition coefficient (Wildman–Crippen LogP) is 0.519. The van der Waals surface area contributed by atoms with Crippen LogP contribution in [0.2, 0.25) is 0 Å². The Morgan fingerprint density at radius 2 is 1.95 bits per heavy atom. The quantitative estimate of drug-likeness (QED) is 0.603. The lowest BCUT2D eigenvalue weighted by Crippen LogP contribution is -2.56. The number of nitrogen functional groups attached to an aromatic ring is 1. The van der Waals surface area contributed by atoms with Crippen molar-refractivity contribution in [3.05, 3.63) is 29.3 Å². The molecular formula is C14H15N3O3. The second kappa shape index (κ2) is 3.89. The minimum atomic E-state index is -1.19. The molecule has 1 atom stereocenters. The minimum Gasteiger partial charge on any atom is -0.398 e. The molecule has 1 saturated carbocycles. The molecule has 1 aromatic carbocycles. The van der Waals surface area contributed by atoms with Gasteiger partial charge in [-0.25, -0.2) is 4.90 Å². The summed E-state index contributed by atoms with van der Waals surface area (Å²) in [6.07, 6.45) is 1.67. The molecular weight excluding hydrogens is 258 g/mol. The van der Waals surface area contributed by atoms with Crippen molar-refractivity contribution in [2.24, 2.45) is 11.7 Å². The summed E-state index contributed by atoms with van der Waals surface area (Å²) in [5.41, 5.74) is 11.0. The molecule has 1 unspecified atom stereocenters. The minimum absolute atomic E-state index is 0.0247. The number of hydrogen-bond acceptors (Lipinski definition) is 5. The molecule has 1 heterocycles. The number of rotatable bonds is 2. The van der Waals surface area contributed by atoms with Gasteiger partial charge in [0, 0.05) is 5.69 Å². The van der Waals surface area contributed by atoms with Crippen LogP contribution in [0.15, 0.2) is 18.2 Å². The van der Waals surface area contributed by atoms with E-state index in [2.05, 4.69) is 0 Å². The molecule has 4 N–H and O–H groups in total. The first kappa shape index (κ1) is 12.8. The standard InChI is InChI=1S/C14H15N3O3/c1-14(16,7-5-6-7)13(20)17-11(18)8-3-2-4-9(15)10(8)12(17)19/h2-4,7H,5-6,15-16H2,1H3. The van der Waals surface area contributed by atoms with Crippen molar-refractivity contribution in [1.82, 2.24) is 4.90 Å². The van der Waals surface area contributed by atoms with E-state index in [0.29, 0.717) is 4.90 Å². The van der Waals surface area contributed by atoms with Crippen molar-refractivity contribution in [3.8, 4) is 0 Å². The number of carbonyl (C=O) groups is 3. The Bertz CT molecular complexity index is 647. The average molecular weight is 273 g/mol. The number of imide groups is 3. The zero-order valence-electron chi connectivity index (χ0n) is 11.1. The Balaban J connectivity index is 2.02. The number of anilines is 1. The fraction of sp³-hybridized carbons (Fsp3) is 0.357. The molecule has 0 saturated heterocycles. The molecule has 3 rings (SSSR count). The van der Waals surface area contributed by atoms with Gasteiger partial charge in [-0.3, -0.25) is 14.4 Å². The summed E-state index contributed by atoms with van der Waals surface area (Å²) in [7, 11) is 0. The van der Waals surface area contributed by atoms with Crippen LogP contribution >= 0.6 is 0 Å². The zero-order chi connectivity index (χ0) is 14.7. The number of nitrogens with zero attached hydrogens (tertiary/aromatic N) is 1.